The van der Waals surface area contributed by atoms with Crippen LogP contribution in [-0.2, 0) is 4.74 Å². The van der Waals surface area contributed by atoms with Gasteiger partial charge in [0, 0.05) is 6.54 Å². The van der Waals surface area contributed by atoms with Crippen molar-refractivity contribution in [3.05, 3.63) is 12.2 Å². The number of hydrogen-bond acceptors (Lipinski definition) is 2. The van der Waals surface area contributed by atoms with Gasteiger partial charge in [-0.15, -0.1) is 0 Å². The van der Waals surface area contributed by atoms with Gasteiger partial charge in [-0.25, -0.2) is 0 Å². The van der Waals surface area contributed by atoms with Gasteiger partial charge in [0.05, 0.1) is 13.2 Å². The fraction of sp³-hybridized carbons (Fsp3) is 0.875. The molecule has 106 valence electrons. The number of ether oxygens (including phenoxy) is 1. The summed E-state index contributed by atoms with van der Waals surface area (Å²) >= 11 is 0. The predicted octanol–water partition coefficient (Wildman–Crippen LogP) is 3.63. The molecule has 2 heteroatoms. The first-order valence-electron chi connectivity index (χ1n) is 7.42. The van der Waals surface area contributed by atoms with Crippen LogP contribution in [0.3, 0.4) is 0 Å². The van der Waals surface area contributed by atoms with E-state index in [2.05, 4.69) is 45.2 Å². The van der Waals surface area contributed by atoms with Crippen molar-refractivity contribution in [3.8, 4) is 0 Å². The molecule has 0 saturated carbocycles. The largest absolute Gasteiger partial charge is 0.380 e. The van der Waals surface area contributed by atoms with Gasteiger partial charge in [0.2, 0.25) is 0 Å². The molecule has 0 saturated heterocycles. The lowest BCUT2D eigenvalue weighted by Crippen LogP contribution is -2.26. The Kier molecular flexibility index (Phi) is 6.95. The van der Waals surface area contributed by atoms with Crippen LogP contribution in [0.25, 0.3) is 0 Å². The lowest BCUT2D eigenvalue weighted by atomic mass is 9.85. The molecule has 0 radical (unpaired) electrons. The Morgan fingerprint density at radius 1 is 1.17 bits per heavy atom. The molecule has 0 aromatic rings. The van der Waals surface area contributed by atoms with Gasteiger partial charge in [0.15, 0.2) is 0 Å². The fourth-order valence-electron chi connectivity index (χ4n) is 2.21. The van der Waals surface area contributed by atoms with E-state index in [1.807, 2.05) is 0 Å². The van der Waals surface area contributed by atoms with Gasteiger partial charge in [0.25, 0.3) is 0 Å². The van der Waals surface area contributed by atoms with Crippen molar-refractivity contribution in [2.75, 3.05) is 26.3 Å². The van der Waals surface area contributed by atoms with Gasteiger partial charge < -0.3 is 10.1 Å². The van der Waals surface area contributed by atoms with Gasteiger partial charge >= 0.3 is 0 Å². The Morgan fingerprint density at radius 3 is 2.56 bits per heavy atom. The highest BCUT2D eigenvalue weighted by Gasteiger charge is 2.17. The van der Waals surface area contributed by atoms with Crippen LogP contribution >= 0.6 is 0 Å². The molecule has 1 aliphatic carbocycles. The van der Waals surface area contributed by atoms with Crippen molar-refractivity contribution in [2.45, 2.75) is 47.0 Å². The first-order valence-corrected chi connectivity index (χ1v) is 7.42. The molecule has 1 N–H and O–H groups in total. The molecule has 0 heterocycles. The molecule has 0 aromatic heterocycles. The van der Waals surface area contributed by atoms with E-state index in [0.717, 1.165) is 38.1 Å². The van der Waals surface area contributed by atoms with Crippen LogP contribution in [0.2, 0.25) is 0 Å². The van der Waals surface area contributed by atoms with Crippen LogP contribution in [0, 0.1) is 17.3 Å². The third kappa shape index (κ3) is 7.17. The smallest absolute Gasteiger partial charge is 0.0591 e. The third-order valence-corrected chi connectivity index (χ3v) is 3.72. The van der Waals surface area contributed by atoms with Gasteiger partial charge in [0.1, 0.15) is 0 Å². The Morgan fingerprint density at radius 2 is 1.89 bits per heavy atom. The zero-order valence-electron chi connectivity index (χ0n) is 12.7. The molecule has 1 rings (SSSR count). The van der Waals surface area contributed by atoms with E-state index in [9.17, 15) is 0 Å². The molecule has 0 amide bonds. The minimum absolute atomic E-state index is 0.428. The Bertz CT molecular complexity index is 242. The van der Waals surface area contributed by atoms with Crippen LogP contribution < -0.4 is 5.32 Å². The summed E-state index contributed by atoms with van der Waals surface area (Å²) in [6, 6.07) is 0. The topological polar surface area (TPSA) is 21.3 Å². The highest BCUT2D eigenvalue weighted by Crippen LogP contribution is 2.24. The molecule has 2 atom stereocenters. The molecule has 0 aromatic carbocycles. The molecule has 0 fully saturated rings. The average molecular weight is 253 g/mol. The molecule has 0 spiro atoms. The van der Waals surface area contributed by atoms with E-state index in [4.69, 9.17) is 4.74 Å². The summed E-state index contributed by atoms with van der Waals surface area (Å²) in [6.07, 6.45) is 8.23. The fourth-order valence-corrected chi connectivity index (χ4v) is 2.21. The van der Waals surface area contributed by atoms with Crippen molar-refractivity contribution in [1.29, 1.82) is 0 Å². The first kappa shape index (κ1) is 15.7. The molecule has 2 nitrogen and oxygen atoms in total. The number of nitrogens with one attached hydrogen (secondary N) is 1. The molecular formula is C16H31NO. The van der Waals surface area contributed by atoms with Crippen molar-refractivity contribution >= 4 is 0 Å². The normalized spacial score (nSPS) is 24.4. The van der Waals surface area contributed by atoms with Gasteiger partial charge in [-0.1, -0.05) is 39.8 Å². The lowest BCUT2D eigenvalue weighted by Gasteiger charge is -2.25. The Balaban J connectivity index is 1.94. The predicted molar refractivity (Wildman–Crippen MR) is 78.8 cm³/mol. The highest BCUT2D eigenvalue weighted by atomic mass is 16.5. The standard InChI is InChI=1S/C16H31NO/c1-14-7-5-6-8-15(14)13-18-12-11-17-10-9-16(2,3)4/h5-6,14-15,17H,7-13H2,1-4H3. The summed E-state index contributed by atoms with van der Waals surface area (Å²) in [5, 5.41) is 3.45. The van der Waals surface area contributed by atoms with Gasteiger partial charge in [-0.05, 0) is 43.1 Å². The summed E-state index contributed by atoms with van der Waals surface area (Å²) in [4.78, 5) is 0. The maximum absolute atomic E-state index is 5.78. The average Bonchev–Trinajstić information content (AvgIpc) is 2.28. The second-order valence-corrected chi connectivity index (χ2v) is 6.82. The minimum Gasteiger partial charge on any atom is -0.380 e. The van der Waals surface area contributed by atoms with Crippen molar-refractivity contribution < 1.29 is 4.74 Å². The van der Waals surface area contributed by atoms with Crippen molar-refractivity contribution in [2.24, 2.45) is 17.3 Å². The second-order valence-electron chi connectivity index (χ2n) is 6.82. The summed E-state index contributed by atoms with van der Waals surface area (Å²) in [5.41, 5.74) is 0.428. The van der Waals surface area contributed by atoms with E-state index >= 15 is 0 Å². The second kappa shape index (κ2) is 7.96. The summed E-state index contributed by atoms with van der Waals surface area (Å²) in [5.74, 6) is 1.51. The van der Waals surface area contributed by atoms with Crippen LogP contribution in [-0.4, -0.2) is 26.3 Å². The number of hydrogen-bond donors (Lipinski definition) is 1. The monoisotopic (exact) mass is 253 g/mol. The van der Waals surface area contributed by atoms with E-state index < -0.39 is 0 Å². The highest BCUT2D eigenvalue weighted by molar-refractivity contribution is 4.93. The quantitative estimate of drug-likeness (QED) is 0.552. The summed E-state index contributed by atoms with van der Waals surface area (Å²) in [6.45, 7) is 13.0. The first-order chi connectivity index (χ1) is 8.49. The number of allylic oxidation sites excluding steroid dienone is 2. The van der Waals surface area contributed by atoms with Crippen LogP contribution in [0.15, 0.2) is 12.2 Å². The molecule has 2 unspecified atom stereocenters. The Hall–Kier alpha value is -0.340. The minimum atomic E-state index is 0.428. The van der Waals surface area contributed by atoms with Crippen LogP contribution in [0.1, 0.15) is 47.0 Å². The SMILES string of the molecule is CC1CC=CCC1COCCNCCC(C)(C)C. The van der Waals surface area contributed by atoms with Gasteiger partial charge in [-0.3, -0.25) is 0 Å². The van der Waals surface area contributed by atoms with Crippen molar-refractivity contribution in [3.63, 3.8) is 0 Å². The molecule has 0 aliphatic heterocycles. The third-order valence-electron chi connectivity index (χ3n) is 3.72. The number of rotatable bonds is 7. The van der Waals surface area contributed by atoms with E-state index in [-0.39, 0.29) is 0 Å². The summed E-state index contributed by atoms with van der Waals surface area (Å²) in [7, 11) is 0. The lowest BCUT2D eigenvalue weighted by molar-refractivity contribution is 0.0806. The molecular weight excluding hydrogens is 222 g/mol. The maximum Gasteiger partial charge on any atom is 0.0591 e. The van der Waals surface area contributed by atoms with Crippen LogP contribution in [0.5, 0.6) is 0 Å². The zero-order valence-corrected chi connectivity index (χ0v) is 12.7. The van der Waals surface area contributed by atoms with Crippen molar-refractivity contribution in [1.82, 2.24) is 5.32 Å². The molecule has 1 aliphatic rings. The molecule has 0 bridgehead atoms. The van der Waals surface area contributed by atoms with E-state index in [1.54, 1.807) is 0 Å². The zero-order chi connectivity index (χ0) is 13.4. The van der Waals surface area contributed by atoms with Gasteiger partial charge in [-0.2, -0.15) is 0 Å². The maximum atomic E-state index is 5.78. The van der Waals surface area contributed by atoms with E-state index in [1.165, 1.54) is 19.3 Å². The van der Waals surface area contributed by atoms with E-state index in [0.29, 0.717) is 5.41 Å². The summed E-state index contributed by atoms with van der Waals surface area (Å²) < 4.78 is 5.78. The Labute approximate surface area is 113 Å². The molecule has 18 heavy (non-hydrogen) atoms. The van der Waals surface area contributed by atoms with Crippen LogP contribution in [0.4, 0.5) is 0 Å².